The highest BCUT2D eigenvalue weighted by molar-refractivity contribution is 5.83. The topological polar surface area (TPSA) is 6.48 Å². The Kier molecular flexibility index (Phi) is 12.8. The number of nitrogens with zero attached hydrogens (tertiary/aromatic N) is 2. The largest absolute Gasteiger partial charge is 0.311 e. The number of benzene rings is 9. The zero-order valence-corrected chi connectivity index (χ0v) is 40.1. The van der Waals surface area contributed by atoms with E-state index < -0.39 is 0 Å². The standard InChI is InChI=1S/C67H62N2/c1-48-14-34-62(35-15-48)69(63-36-16-49(2)17-37-63)67-13-7-12-61(47-67)60-26-24-56(25-27-60)59-32-42-66(43-33-59)68(64-38-28-57(29-39-64)54-10-4-3-5-11-54)65-40-30-58(31-41-65)55-22-20-50(21-23-55)18-19-53-45-51-8-6-9-52(44-51)46-53/h3-5,7,10-17,20-43,47,51-53H,6,8-9,18-19,44-46H2,1-2H3. The Hall–Kier alpha value is -7.42. The van der Waals surface area contributed by atoms with E-state index in [1.165, 1.54) is 113 Å². The van der Waals surface area contributed by atoms with Gasteiger partial charge in [0.05, 0.1) is 0 Å². The van der Waals surface area contributed by atoms with Gasteiger partial charge in [0.2, 0.25) is 0 Å². The Morgan fingerprint density at radius 3 is 1.16 bits per heavy atom. The molecule has 0 aliphatic heterocycles. The van der Waals surface area contributed by atoms with E-state index in [0.29, 0.717) is 0 Å². The van der Waals surface area contributed by atoms with Crippen molar-refractivity contribution in [1.29, 1.82) is 0 Å². The van der Waals surface area contributed by atoms with Gasteiger partial charge < -0.3 is 9.80 Å². The third kappa shape index (κ3) is 10.1. The summed E-state index contributed by atoms with van der Waals surface area (Å²) in [7, 11) is 0. The molecule has 9 aromatic rings. The maximum Gasteiger partial charge on any atom is 0.0467 e. The molecule has 0 aromatic heterocycles. The van der Waals surface area contributed by atoms with Crippen LogP contribution in [0, 0.1) is 31.6 Å². The predicted molar refractivity (Wildman–Crippen MR) is 294 cm³/mol. The quantitative estimate of drug-likeness (QED) is 0.114. The molecule has 2 unspecified atom stereocenters. The average Bonchev–Trinajstić information content (AvgIpc) is 3.40. The zero-order valence-electron chi connectivity index (χ0n) is 40.1. The van der Waals surface area contributed by atoms with Crippen molar-refractivity contribution in [3.63, 3.8) is 0 Å². The Morgan fingerprint density at radius 1 is 0.333 bits per heavy atom. The Labute approximate surface area is 410 Å². The van der Waals surface area contributed by atoms with Crippen molar-refractivity contribution in [3.8, 4) is 44.5 Å². The second-order valence-electron chi connectivity index (χ2n) is 19.9. The number of aryl methyl sites for hydroxylation is 3. The van der Waals surface area contributed by atoms with Gasteiger partial charge in [0.1, 0.15) is 0 Å². The number of rotatable bonds is 13. The molecule has 69 heavy (non-hydrogen) atoms. The molecular formula is C67H62N2. The number of fused-ring (bicyclic) bond motifs is 2. The first-order valence-electron chi connectivity index (χ1n) is 25.4. The summed E-state index contributed by atoms with van der Waals surface area (Å²) in [6.07, 6.45) is 11.4. The molecule has 0 radical (unpaired) electrons. The Balaban J connectivity index is 0.828. The van der Waals surface area contributed by atoms with Crippen LogP contribution in [0.1, 0.15) is 61.6 Å². The molecule has 2 aliphatic rings. The first kappa shape index (κ1) is 44.1. The highest BCUT2D eigenvalue weighted by atomic mass is 15.1. The fourth-order valence-electron chi connectivity index (χ4n) is 11.3. The smallest absolute Gasteiger partial charge is 0.0467 e. The van der Waals surface area contributed by atoms with E-state index in [4.69, 9.17) is 0 Å². The average molecular weight is 895 g/mol. The minimum absolute atomic E-state index is 0.920. The molecule has 2 heteroatoms. The number of anilines is 6. The van der Waals surface area contributed by atoms with Crippen molar-refractivity contribution >= 4 is 34.1 Å². The first-order chi connectivity index (χ1) is 34.0. The molecule has 2 fully saturated rings. The van der Waals surface area contributed by atoms with Crippen LogP contribution in [0.2, 0.25) is 0 Å². The molecule has 11 rings (SSSR count). The van der Waals surface area contributed by atoms with E-state index >= 15 is 0 Å². The van der Waals surface area contributed by atoms with E-state index in [1.54, 1.807) is 0 Å². The van der Waals surface area contributed by atoms with Gasteiger partial charge in [-0.2, -0.15) is 0 Å². The maximum atomic E-state index is 2.37. The Bertz CT molecular complexity index is 3020. The summed E-state index contributed by atoms with van der Waals surface area (Å²) >= 11 is 0. The monoisotopic (exact) mass is 894 g/mol. The molecule has 0 spiro atoms. The molecule has 340 valence electrons. The zero-order chi connectivity index (χ0) is 46.5. The summed E-state index contributed by atoms with van der Waals surface area (Å²) in [5.74, 6) is 2.93. The van der Waals surface area contributed by atoms with Crippen molar-refractivity contribution in [2.24, 2.45) is 17.8 Å². The molecule has 2 bridgehead atoms. The molecule has 0 N–H and O–H groups in total. The van der Waals surface area contributed by atoms with Gasteiger partial charge >= 0.3 is 0 Å². The lowest BCUT2D eigenvalue weighted by molar-refractivity contribution is 0.132. The van der Waals surface area contributed by atoms with E-state index in [-0.39, 0.29) is 0 Å². The molecule has 0 heterocycles. The van der Waals surface area contributed by atoms with Crippen molar-refractivity contribution in [2.75, 3.05) is 9.80 Å². The van der Waals surface area contributed by atoms with Gasteiger partial charge in [-0.25, -0.2) is 0 Å². The van der Waals surface area contributed by atoms with Crippen LogP contribution in [0.5, 0.6) is 0 Å². The lowest BCUT2D eigenvalue weighted by Crippen LogP contribution is -2.27. The van der Waals surface area contributed by atoms with Crippen molar-refractivity contribution in [1.82, 2.24) is 0 Å². The molecule has 2 nitrogen and oxygen atoms in total. The number of hydrogen-bond acceptors (Lipinski definition) is 2. The predicted octanol–water partition coefficient (Wildman–Crippen LogP) is 19.1. The van der Waals surface area contributed by atoms with Gasteiger partial charge in [0.15, 0.2) is 0 Å². The van der Waals surface area contributed by atoms with Crippen LogP contribution in [-0.2, 0) is 6.42 Å². The highest BCUT2D eigenvalue weighted by Gasteiger charge is 2.31. The second-order valence-corrected chi connectivity index (χ2v) is 19.9. The first-order valence-corrected chi connectivity index (χ1v) is 25.4. The summed E-state index contributed by atoms with van der Waals surface area (Å²) in [6.45, 7) is 4.27. The van der Waals surface area contributed by atoms with Crippen molar-refractivity contribution in [3.05, 3.63) is 241 Å². The fourth-order valence-corrected chi connectivity index (χ4v) is 11.3. The number of hydrogen-bond donors (Lipinski definition) is 0. The minimum atomic E-state index is 0.920. The van der Waals surface area contributed by atoms with Gasteiger partial charge in [-0.05, 0) is 187 Å². The van der Waals surface area contributed by atoms with Crippen LogP contribution in [0.3, 0.4) is 0 Å². The molecule has 2 atom stereocenters. The summed E-state index contributed by atoms with van der Waals surface area (Å²) in [5, 5.41) is 0. The van der Waals surface area contributed by atoms with Crippen molar-refractivity contribution < 1.29 is 0 Å². The second kappa shape index (κ2) is 20.0. The van der Waals surface area contributed by atoms with Crippen LogP contribution in [0.25, 0.3) is 44.5 Å². The fraction of sp³-hybridized carbons (Fsp3) is 0.194. The molecule has 2 aliphatic carbocycles. The summed E-state index contributed by atoms with van der Waals surface area (Å²) in [4.78, 5) is 4.71. The summed E-state index contributed by atoms with van der Waals surface area (Å²) in [5.41, 5.74) is 20.4. The van der Waals surface area contributed by atoms with Crippen LogP contribution >= 0.6 is 0 Å². The normalized spacial score (nSPS) is 16.5. The van der Waals surface area contributed by atoms with E-state index in [9.17, 15) is 0 Å². The molecule has 2 saturated carbocycles. The van der Waals surface area contributed by atoms with Crippen LogP contribution in [-0.4, -0.2) is 0 Å². The summed E-state index contributed by atoms with van der Waals surface area (Å²) < 4.78 is 0. The lowest BCUT2D eigenvalue weighted by Gasteiger charge is -2.39. The van der Waals surface area contributed by atoms with Gasteiger partial charge in [-0.1, -0.05) is 182 Å². The van der Waals surface area contributed by atoms with Crippen LogP contribution in [0.15, 0.2) is 224 Å². The van der Waals surface area contributed by atoms with Gasteiger partial charge in [0, 0.05) is 34.1 Å². The van der Waals surface area contributed by atoms with Gasteiger partial charge in [-0.3, -0.25) is 0 Å². The molecule has 0 amide bonds. The molecule has 9 aromatic carbocycles. The van der Waals surface area contributed by atoms with E-state index in [0.717, 1.165) is 51.9 Å². The van der Waals surface area contributed by atoms with Crippen LogP contribution in [0.4, 0.5) is 34.1 Å². The molecule has 0 saturated heterocycles. The minimum Gasteiger partial charge on any atom is -0.311 e. The SMILES string of the molecule is Cc1ccc(N(c2ccc(C)cc2)c2cccc(-c3ccc(-c4ccc(N(c5ccc(-c6ccccc6)cc5)c5ccc(-c6ccc(CCC7CC8CCCC(C8)C7)cc6)cc5)cc4)cc3)c2)cc1. The summed E-state index contributed by atoms with van der Waals surface area (Å²) in [6, 6.07) is 82.6. The Morgan fingerprint density at radius 2 is 0.696 bits per heavy atom. The van der Waals surface area contributed by atoms with Gasteiger partial charge in [0.25, 0.3) is 0 Å². The maximum absolute atomic E-state index is 2.37. The van der Waals surface area contributed by atoms with Gasteiger partial charge in [-0.15, -0.1) is 0 Å². The van der Waals surface area contributed by atoms with Crippen molar-refractivity contribution in [2.45, 2.75) is 65.2 Å². The third-order valence-electron chi connectivity index (χ3n) is 15.1. The third-order valence-corrected chi connectivity index (χ3v) is 15.1. The highest BCUT2D eigenvalue weighted by Crippen LogP contribution is 2.44. The van der Waals surface area contributed by atoms with Crippen LogP contribution < -0.4 is 9.80 Å². The van der Waals surface area contributed by atoms with E-state index in [2.05, 4.69) is 248 Å². The molecular weight excluding hydrogens is 833 g/mol. The van der Waals surface area contributed by atoms with E-state index in [1.807, 2.05) is 0 Å². The lowest BCUT2D eigenvalue weighted by atomic mass is 9.67.